The van der Waals surface area contributed by atoms with Gasteiger partial charge in [-0.1, -0.05) is 35.4 Å². The molecule has 0 atom stereocenters. The van der Waals surface area contributed by atoms with Crippen LogP contribution in [0.15, 0.2) is 35.3 Å². The molecule has 15 heteroatoms. The maximum Gasteiger partial charge on any atom is 0.513 e. The topological polar surface area (TPSA) is 166 Å². The third-order valence-electron chi connectivity index (χ3n) is 6.84. The Balaban J connectivity index is 0.000000274. The Hall–Kier alpha value is -3.75. The summed E-state index contributed by atoms with van der Waals surface area (Å²) >= 11 is 6.92. The van der Waals surface area contributed by atoms with Gasteiger partial charge in [0.1, 0.15) is 10.9 Å². The van der Waals surface area contributed by atoms with Gasteiger partial charge in [0, 0.05) is 25.2 Å². The molecule has 42 heavy (non-hydrogen) atoms. The standard InChI is InChI=1S/C21H27NO5.C6H8ClN5O2S/c1-5-26-20(24)27-18-17(16-12-13(2)6-7-14(16)3)19(23)22-21(18)10-8-15(25-4)9-11-21;1-8-6(11-12(13)14)10-3-4-2-9-5(7)15-4/h6-7,12,15H,5,8-11H2,1-4H3,(H,22,23);2H,3H2,1H3,(H2,8,10,11). The molecular weight excluding hydrogens is 588 g/mol. The fourth-order valence-electron chi connectivity index (χ4n) is 4.77. The molecule has 13 nitrogen and oxygen atoms in total. The second-order valence-electron chi connectivity index (χ2n) is 9.65. The molecule has 1 spiro atoms. The predicted molar refractivity (Wildman–Crippen MR) is 159 cm³/mol. The van der Waals surface area contributed by atoms with Gasteiger partial charge >= 0.3 is 6.16 Å². The summed E-state index contributed by atoms with van der Waals surface area (Å²) in [6.07, 6.45) is 3.85. The summed E-state index contributed by atoms with van der Waals surface area (Å²) in [5.74, 6) is 0.262. The van der Waals surface area contributed by atoms with E-state index in [9.17, 15) is 19.7 Å². The molecular formula is C27H35ClN6O7S. The molecule has 228 valence electrons. The van der Waals surface area contributed by atoms with Gasteiger partial charge in [0.05, 0.1) is 30.4 Å². The first-order valence-electron chi connectivity index (χ1n) is 13.3. The molecule has 0 radical (unpaired) electrons. The van der Waals surface area contributed by atoms with Crippen LogP contribution in [0.25, 0.3) is 5.57 Å². The summed E-state index contributed by atoms with van der Waals surface area (Å²) in [7, 11) is 3.23. The van der Waals surface area contributed by atoms with Crippen molar-refractivity contribution in [3.63, 3.8) is 0 Å². The fourth-order valence-corrected chi connectivity index (χ4v) is 5.69. The summed E-state index contributed by atoms with van der Waals surface area (Å²) in [5.41, 5.74) is 2.52. The van der Waals surface area contributed by atoms with E-state index in [0.717, 1.165) is 34.4 Å². The number of benzene rings is 1. The number of carbonyl (C=O) groups excluding carboxylic acids is 2. The van der Waals surface area contributed by atoms with Gasteiger partial charge in [0.15, 0.2) is 9.50 Å². The van der Waals surface area contributed by atoms with E-state index >= 15 is 0 Å². The highest BCUT2D eigenvalue weighted by atomic mass is 35.5. The zero-order valence-electron chi connectivity index (χ0n) is 24.1. The van der Waals surface area contributed by atoms with Crippen molar-refractivity contribution in [3.05, 3.63) is 66.3 Å². The van der Waals surface area contributed by atoms with E-state index < -0.39 is 16.7 Å². The molecule has 1 fully saturated rings. The van der Waals surface area contributed by atoms with Crippen molar-refractivity contribution in [2.45, 2.75) is 64.6 Å². The molecule has 0 unspecified atom stereocenters. The summed E-state index contributed by atoms with van der Waals surface area (Å²) < 4.78 is 16.5. The summed E-state index contributed by atoms with van der Waals surface area (Å²) in [6.45, 7) is 6.24. The van der Waals surface area contributed by atoms with Crippen molar-refractivity contribution < 1.29 is 28.8 Å². The maximum absolute atomic E-state index is 13.0. The second-order valence-corrected chi connectivity index (χ2v) is 11.3. The number of guanidine groups is 1. The predicted octanol–water partition coefficient (Wildman–Crippen LogP) is 4.30. The minimum atomic E-state index is -0.779. The highest BCUT2D eigenvalue weighted by molar-refractivity contribution is 7.15. The number of nitro groups is 1. The zero-order valence-corrected chi connectivity index (χ0v) is 25.7. The molecule has 1 saturated carbocycles. The van der Waals surface area contributed by atoms with E-state index in [1.165, 1.54) is 18.4 Å². The normalized spacial score (nSPS) is 20.0. The van der Waals surface area contributed by atoms with Crippen LogP contribution in [0.2, 0.25) is 4.47 Å². The number of methoxy groups -OCH3 is 1. The van der Waals surface area contributed by atoms with Gasteiger partial charge in [-0.25, -0.2) is 19.9 Å². The smallest absolute Gasteiger partial charge is 0.434 e. The molecule has 4 rings (SSSR count). The monoisotopic (exact) mass is 622 g/mol. The lowest BCUT2D eigenvalue weighted by Crippen LogP contribution is -2.49. The maximum atomic E-state index is 13.0. The highest BCUT2D eigenvalue weighted by Crippen LogP contribution is 2.44. The van der Waals surface area contributed by atoms with Crippen LogP contribution in [0, 0.1) is 24.0 Å². The van der Waals surface area contributed by atoms with Gasteiger partial charge in [0.25, 0.3) is 11.9 Å². The summed E-state index contributed by atoms with van der Waals surface area (Å²) in [4.78, 5) is 39.9. The first kappa shape index (κ1) is 32.8. The molecule has 2 aromatic rings. The lowest BCUT2D eigenvalue weighted by molar-refractivity contribution is -0.485. The second kappa shape index (κ2) is 14.9. The zero-order chi connectivity index (χ0) is 30.9. The average Bonchev–Trinajstić information content (AvgIpc) is 3.48. The number of hydrogen-bond acceptors (Lipinski definition) is 9. The van der Waals surface area contributed by atoms with E-state index in [-0.39, 0.29) is 24.6 Å². The Morgan fingerprint density at radius 3 is 2.62 bits per heavy atom. The molecule has 0 bridgehead atoms. The van der Waals surface area contributed by atoms with Crippen LogP contribution in [0.1, 0.15) is 54.2 Å². The van der Waals surface area contributed by atoms with E-state index in [2.05, 4.69) is 26.0 Å². The molecule has 1 aliphatic carbocycles. The van der Waals surface area contributed by atoms with Crippen LogP contribution in [0.3, 0.4) is 0 Å². The molecule has 2 heterocycles. The van der Waals surface area contributed by atoms with Gasteiger partial charge in [0.2, 0.25) is 0 Å². The first-order valence-corrected chi connectivity index (χ1v) is 14.5. The van der Waals surface area contributed by atoms with Gasteiger partial charge in [-0.05, 0) is 57.6 Å². The number of halogens is 1. The molecule has 3 N–H and O–H groups in total. The van der Waals surface area contributed by atoms with E-state index in [1.54, 1.807) is 20.2 Å². The van der Waals surface area contributed by atoms with Crippen molar-refractivity contribution in [2.75, 3.05) is 20.8 Å². The number of nitrogens with one attached hydrogen (secondary N) is 3. The van der Waals surface area contributed by atoms with E-state index in [4.69, 9.17) is 25.8 Å². The Morgan fingerprint density at radius 2 is 2.05 bits per heavy atom. The summed E-state index contributed by atoms with van der Waals surface area (Å²) in [6, 6.07) is 5.93. The Kier molecular flexibility index (Phi) is 11.6. The van der Waals surface area contributed by atoms with Gasteiger partial charge in [-0.3, -0.25) is 4.79 Å². The first-order chi connectivity index (χ1) is 20.0. The molecule has 1 aromatic carbocycles. The van der Waals surface area contributed by atoms with Crippen LogP contribution in [0.4, 0.5) is 4.79 Å². The number of aryl methyl sites for hydroxylation is 2. The largest absolute Gasteiger partial charge is 0.513 e. The van der Waals surface area contributed by atoms with Crippen LogP contribution >= 0.6 is 22.9 Å². The van der Waals surface area contributed by atoms with Crippen LogP contribution in [0.5, 0.6) is 0 Å². The van der Waals surface area contributed by atoms with Crippen LogP contribution in [-0.2, 0) is 25.5 Å². The fraction of sp³-hybridized carbons (Fsp3) is 0.481. The lowest BCUT2D eigenvalue weighted by atomic mass is 9.79. The molecule has 1 aromatic heterocycles. The Morgan fingerprint density at radius 1 is 1.33 bits per heavy atom. The number of hydrogen-bond donors (Lipinski definition) is 3. The molecule has 1 aliphatic heterocycles. The molecule has 2 aliphatic rings. The van der Waals surface area contributed by atoms with Gasteiger partial charge in [-0.2, -0.15) is 0 Å². The number of ether oxygens (including phenoxy) is 3. The number of thiazole rings is 1. The Labute approximate surface area is 252 Å². The van der Waals surface area contributed by atoms with E-state index in [1.807, 2.05) is 32.0 Å². The van der Waals surface area contributed by atoms with E-state index in [0.29, 0.717) is 35.2 Å². The van der Waals surface area contributed by atoms with Crippen LogP contribution < -0.4 is 16.0 Å². The quantitative estimate of drug-likeness (QED) is 0.133. The van der Waals surface area contributed by atoms with Gasteiger partial charge in [-0.15, -0.1) is 11.3 Å². The SMILES string of the molecule is CCOC(=O)OC1=C(c2cc(C)ccc2C)C(=O)NC12CCC(OC)CC2.CN/C(=N\[N+](=O)[O-])NCc1cnc(Cl)s1. The number of hydrazone groups is 1. The van der Waals surface area contributed by atoms with Crippen molar-refractivity contribution in [1.82, 2.24) is 20.9 Å². The third-order valence-corrected chi connectivity index (χ3v) is 7.96. The van der Waals surface area contributed by atoms with Crippen LogP contribution in [-0.4, -0.2) is 60.4 Å². The minimum Gasteiger partial charge on any atom is -0.434 e. The van der Waals surface area contributed by atoms with Crippen molar-refractivity contribution in [3.8, 4) is 0 Å². The molecule has 0 saturated heterocycles. The minimum absolute atomic E-state index is 0.0875. The summed E-state index contributed by atoms with van der Waals surface area (Å²) in [5, 5.41) is 20.8. The van der Waals surface area contributed by atoms with Crippen molar-refractivity contribution in [2.24, 2.45) is 5.10 Å². The number of carbonyl (C=O) groups is 2. The third kappa shape index (κ3) is 8.39. The number of rotatable bonds is 7. The van der Waals surface area contributed by atoms with Gasteiger partial charge < -0.3 is 30.2 Å². The van der Waals surface area contributed by atoms with Crippen molar-refractivity contribution >= 4 is 46.5 Å². The Bertz CT molecular complexity index is 1350. The number of nitrogens with zero attached hydrogens (tertiary/aromatic N) is 3. The lowest BCUT2D eigenvalue weighted by Gasteiger charge is -2.37. The average molecular weight is 623 g/mol. The molecule has 1 amide bonds. The highest BCUT2D eigenvalue weighted by Gasteiger charge is 2.50. The number of aromatic nitrogens is 1. The number of amides is 1. The van der Waals surface area contributed by atoms with Crippen molar-refractivity contribution in [1.29, 1.82) is 0 Å².